The summed E-state index contributed by atoms with van der Waals surface area (Å²) in [6.45, 7) is 6.05. The number of ether oxygens (including phenoxy) is 1. The number of hydrogen-bond acceptors (Lipinski definition) is 3. The molecule has 0 saturated heterocycles. The van der Waals surface area contributed by atoms with Crippen molar-refractivity contribution < 1.29 is 29.1 Å². The molecule has 6 nitrogen and oxygen atoms in total. The molecule has 0 aromatic heterocycles. The van der Waals surface area contributed by atoms with Gasteiger partial charge in [0.1, 0.15) is 0 Å². The molecule has 7 heteroatoms. The molecule has 0 aliphatic carbocycles. The van der Waals surface area contributed by atoms with E-state index in [1.165, 1.54) is 0 Å². The molecule has 0 rings (SSSR count). The van der Waals surface area contributed by atoms with Crippen LogP contribution in [0.4, 0.5) is 0 Å². The van der Waals surface area contributed by atoms with Gasteiger partial charge in [0.2, 0.25) is 0 Å². The van der Waals surface area contributed by atoms with E-state index in [0.29, 0.717) is 13.2 Å². The van der Waals surface area contributed by atoms with Crippen LogP contribution in [0.25, 0.3) is 0 Å². The first-order valence-electron chi connectivity index (χ1n) is 3.42. The molecule has 0 radical (unpaired) electrons. The Hall–Kier alpha value is -0.230. The highest BCUT2D eigenvalue weighted by atomic mass is 31.2. The minimum Gasteiger partial charge on any atom is -0.391 e. The van der Waals surface area contributed by atoms with E-state index in [-0.39, 0.29) is 6.10 Å². The zero-order valence-electron chi connectivity index (χ0n) is 7.33. The number of hydrogen-bond donors (Lipinski definition) is 4. The summed E-state index contributed by atoms with van der Waals surface area (Å²) in [6, 6.07) is 0. The van der Waals surface area contributed by atoms with Gasteiger partial charge in [-0.3, -0.25) is 0 Å². The molecule has 1 atom stereocenters. The topological polar surface area (TPSA) is 107 Å². The fraction of sp³-hybridized carbons (Fsp3) is 0.667. The van der Waals surface area contributed by atoms with Gasteiger partial charge in [0, 0.05) is 0 Å². The van der Waals surface area contributed by atoms with E-state index >= 15 is 0 Å². The molecule has 13 heavy (non-hydrogen) atoms. The standard InChI is InChI=1S/C6H12O2.H3O4P/c1-3-4-8-5-6(2)7;1-5(2,3)4/h3,6-7H,1,4-5H2,2H3;(H3,1,2,3,4). The quantitative estimate of drug-likeness (QED) is 0.289. The minimum absolute atomic E-state index is 0.366. The maximum Gasteiger partial charge on any atom is 0.466 e. The van der Waals surface area contributed by atoms with Gasteiger partial charge in [0.05, 0.1) is 19.3 Å². The van der Waals surface area contributed by atoms with Crippen molar-refractivity contribution >= 4 is 7.82 Å². The number of aliphatic hydroxyl groups excluding tert-OH is 1. The van der Waals surface area contributed by atoms with E-state index in [4.69, 9.17) is 29.1 Å². The molecule has 0 aliphatic heterocycles. The van der Waals surface area contributed by atoms with E-state index in [1.54, 1.807) is 13.0 Å². The molecule has 0 aromatic carbocycles. The maximum absolute atomic E-state index is 8.88. The smallest absolute Gasteiger partial charge is 0.391 e. The van der Waals surface area contributed by atoms with Crippen LogP contribution in [0, 0.1) is 0 Å². The molecule has 0 amide bonds. The van der Waals surface area contributed by atoms with Gasteiger partial charge < -0.3 is 24.5 Å². The number of aliphatic hydroxyl groups is 1. The fourth-order valence-electron chi connectivity index (χ4n) is 0.322. The summed E-state index contributed by atoms with van der Waals surface area (Å²) in [5, 5.41) is 8.62. The van der Waals surface area contributed by atoms with Crippen LogP contribution >= 0.6 is 7.82 Å². The lowest BCUT2D eigenvalue weighted by atomic mass is 10.4. The molecule has 0 saturated carbocycles. The van der Waals surface area contributed by atoms with Crippen molar-refractivity contribution in [2.24, 2.45) is 0 Å². The van der Waals surface area contributed by atoms with E-state index in [2.05, 4.69) is 6.58 Å². The Balaban J connectivity index is 0. The van der Waals surface area contributed by atoms with Crippen molar-refractivity contribution in [2.45, 2.75) is 13.0 Å². The Morgan fingerprint density at radius 1 is 1.54 bits per heavy atom. The second-order valence-corrected chi connectivity index (χ2v) is 3.21. The minimum atomic E-state index is -4.64. The highest BCUT2D eigenvalue weighted by molar-refractivity contribution is 7.45. The lowest BCUT2D eigenvalue weighted by Crippen LogP contribution is -2.09. The summed E-state index contributed by atoms with van der Waals surface area (Å²) in [5.74, 6) is 0. The predicted molar refractivity (Wildman–Crippen MR) is 47.0 cm³/mol. The largest absolute Gasteiger partial charge is 0.466 e. The van der Waals surface area contributed by atoms with Crippen molar-refractivity contribution in [1.29, 1.82) is 0 Å². The average molecular weight is 214 g/mol. The lowest BCUT2D eigenvalue weighted by Gasteiger charge is -2.01. The monoisotopic (exact) mass is 214 g/mol. The second kappa shape index (κ2) is 8.37. The van der Waals surface area contributed by atoms with E-state index in [0.717, 1.165) is 0 Å². The van der Waals surface area contributed by atoms with Crippen LogP contribution in [-0.2, 0) is 9.30 Å². The third kappa shape index (κ3) is 49.4. The van der Waals surface area contributed by atoms with Crippen LogP contribution in [-0.4, -0.2) is 39.1 Å². The molecular weight excluding hydrogens is 199 g/mol. The Labute approximate surface area is 76.7 Å². The first-order chi connectivity index (χ1) is 5.77. The van der Waals surface area contributed by atoms with Gasteiger partial charge in [-0.15, -0.1) is 6.58 Å². The Morgan fingerprint density at radius 3 is 2.15 bits per heavy atom. The summed E-state index contributed by atoms with van der Waals surface area (Å²) < 4.78 is 13.8. The average Bonchev–Trinajstić information content (AvgIpc) is 1.83. The van der Waals surface area contributed by atoms with E-state index in [1.807, 2.05) is 0 Å². The first-order valence-corrected chi connectivity index (χ1v) is 4.99. The molecule has 0 aromatic rings. The van der Waals surface area contributed by atoms with E-state index in [9.17, 15) is 0 Å². The van der Waals surface area contributed by atoms with Crippen LogP contribution in [0.15, 0.2) is 12.7 Å². The highest BCUT2D eigenvalue weighted by Gasteiger charge is 2.00. The van der Waals surface area contributed by atoms with Gasteiger partial charge in [-0.25, -0.2) is 4.57 Å². The normalized spacial score (nSPS) is 12.7. The zero-order valence-corrected chi connectivity index (χ0v) is 8.22. The van der Waals surface area contributed by atoms with Gasteiger partial charge in [-0.2, -0.15) is 0 Å². The Bertz CT molecular complexity index is 154. The molecule has 80 valence electrons. The van der Waals surface area contributed by atoms with Crippen LogP contribution < -0.4 is 0 Å². The van der Waals surface area contributed by atoms with Crippen LogP contribution in [0.2, 0.25) is 0 Å². The van der Waals surface area contributed by atoms with Crippen molar-refractivity contribution in [3.63, 3.8) is 0 Å². The third-order valence-corrected chi connectivity index (χ3v) is 0.595. The zero-order chi connectivity index (χ0) is 10.9. The molecule has 0 spiro atoms. The number of phosphoric acid groups is 1. The summed E-state index contributed by atoms with van der Waals surface area (Å²) in [4.78, 5) is 21.6. The molecule has 0 fully saturated rings. The molecule has 0 heterocycles. The van der Waals surface area contributed by atoms with Gasteiger partial charge in [-0.05, 0) is 6.92 Å². The molecule has 0 bridgehead atoms. The summed E-state index contributed by atoms with van der Waals surface area (Å²) in [7, 11) is -4.64. The Morgan fingerprint density at radius 2 is 1.92 bits per heavy atom. The SMILES string of the molecule is C=CCOCC(C)O.O=P(O)(O)O. The summed E-state index contributed by atoms with van der Waals surface area (Å²) in [5.41, 5.74) is 0. The van der Waals surface area contributed by atoms with Gasteiger partial charge in [0.15, 0.2) is 0 Å². The number of rotatable bonds is 4. The lowest BCUT2D eigenvalue weighted by molar-refractivity contribution is 0.0599. The first kappa shape index (κ1) is 15.3. The predicted octanol–water partition coefficient (Wildman–Crippen LogP) is -0.359. The molecular formula is C6H15O6P. The van der Waals surface area contributed by atoms with Gasteiger partial charge in [0.25, 0.3) is 0 Å². The molecule has 0 aliphatic rings. The summed E-state index contributed by atoms with van der Waals surface area (Å²) in [6.07, 6.45) is 1.29. The second-order valence-electron chi connectivity index (χ2n) is 2.19. The Kier molecular flexibility index (Phi) is 9.82. The van der Waals surface area contributed by atoms with Crippen molar-refractivity contribution in [3.05, 3.63) is 12.7 Å². The van der Waals surface area contributed by atoms with Crippen molar-refractivity contribution in [3.8, 4) is 0 Å². The maximum atomic E-state index is 8.88. The van der Waals surface area contributed by atoms with Crippen LogP contribution in [0.3, 0.4) is 0 Å². The molecule has 4 N–H and O–H groups in total. The van der Waals surface area contributed by atoms with Gasteiger partial charge >= 0.3 is 7.82 Å². The van der Waals surface area contributed by atoms with Crippen molar-refractivity contribution in [2.75, 3.05) is 13.2 Å². The van der Waals surface area contributed by atoms with Gasteiger partial charge in [-0.1, -0.05) is 6.08 Å². The van der Waals surface area contributed by atoms with Crippen LogP contribution in [0.5, 0.6) is 0 Å². The fourth-order valence-corrected chi connectivity index (χ4v) is 0.322. The summed E-state index contributed by atoms with van der Waals surface area (Å²) >= 11 is 0. The molecule has 1 unspecified atom stereocenters. The van der Waals surface area contributed by atoms with E-state index < -0.39 is 7.82 Å². The highest BCUT2D eigenvalue weighted by Crippen LogP contribution is 2.25. The third-order valence-electron chi connectivity index (χ3n) is 0.595. The van der Waals surface area contributed by atoms with Crippen molar-refractivity contribution in [1.82, 2.24) is 0 Å². The van der Waals surface area contributed by atoms with Crippen LogP contribution in [0.1, 0.15) is 6.92 Å².